The average Bonchev–Trinajstić information content (AvgIpc) is 2.92. The predicted octanol–water partition coefficient (Wildman–Crippen LogP) is 2.17. The Morgan fingerprint density at radius 3 is 2.74 bits per heavy atom. The van der Waals surface area contributed by atoms with Gasteiger partial charge in [0.1, 0.15) is 0 Å². The molecular formula is C14H21N3O2. The van der Waals surface area contributed by atoms with Crippen LogP contribution in [0.15, 0.2) is 24.3 Å². The van der Waals surface area contributed by atoms with E-state index in [9.17, 15) is 10.1 Å². The molecule has 1 heterocycles. The summed E-state index contributed by atoms with van der Waals surface area (Å²) in [6.07, 6.45) is 3.74. The molecule has 1 saturated heterocycles. The van der Waals surface area contributed by atoms with E-state index in [0.29, 0.717) is 6.54 Å². The molecule has 1 aliphatic heterocycles. The zero-order valence-electron chi connectivity index (χ0n) is 11.2. The van der Waals surface area contributed by atoms with Gasteiger partial charge >= 0.3 is 0 Å². The molecule has 1 fully saturated rings. The first-order valence-electron chi connectivity index (χ1n) is 6.93. The highest BCUT2D eigenvalue weighted by atomic mass is 16.6. The summed E-state index contributed by atoms with van der Waals surface area (Å²) in [5, 5.41) is 14.1. The zero-order chi connectivity index (χ0) is 13.5. The van der Waals surface area contributed by atoms with Crippen molar-refractivity contribution >= 4 is 5.69 Å². The van der Waals surface area contributed by atoms with Gasteiger partial charge in [-0.2, -0.15) is 0 Å². The normalized spacial score (nSPS) is 15.8. The summed E-state index contributed by atoms with van der Waals surface area (Å²) in [7, 11) is 0. The van der Waals surface area contributed by atoms with Crippen LogP contribution >= 0.6 is 0 Å². The molecule has 0 spiro atoms. The number of likely N-dealkylation sites (tertiary alicyclic amines) is 1. The van der Waals surface area contributed by atoms with Crippen LogP contribution in [0.4, 0.5) is 5.69 Å². The van der Waals surface area contributed by atoms with Crippen LogP contribution in [-0.2, 0) is 6.54 Å². The molecule has 0 bridgehead atoms. The van der Waals surface area contributed by atoms with E-state index >= 15 is 0 Å². The number of nitro benzene ring substituents is 1. The number of nitro groups is 1. The number of hydrogen-bond acceptors (Lipinski definition) is 4. The maximum absolute atomic E-state index is 10.9. The lowest BCUT2D eigenvalue weighted by Crippen LogP contribution is -2.24. The van der Waals surface area contributed by atoms with Crippen LogP contribution in [0.5, 0.6) is 0 Å². The molecular weight excluding hydrogens is 242 g/mol. The largest absolute Gasteiger partial charge is 0.312 e. The Morgan fingerprint density at radius 1 is 1.26 bits per heavy atom. The van der Waals surface area contributed by atoms with E-state index < -0.39 is 0 Å². The minimum atomic E-state index is -0.318. The number of para-hydroxylation sites is 1. The smallest absolute Gasteiger partial charge is 0.273 e. The lowest BCUT2D eigenvalue weighted by Gasteiger charge is -2.14. The molecule has 5 nitrogen and oxygen atoms in total. The Morgan fingerprint density at radius 2 is 2.00 bits per heavy atom. The van der Waals surface area contributed by atoms with E-state index in [0.717, 1.165) is 25.1 Å². The molecule has 1 N–H and O–H groups in total. The zero-order valence-corrected chi connectivity index (χ0v) is 11.2. The van der Waals surface area contributed by atoms with Crippen LogP contribution in [-0.4, -0.2) is 36.0 Å². The molecule has 0 atom stereocenters. The molecule has 1 aromatic rings. The third-order valence-corrected chi connectivity index (χ3v) is 3.53. The van der Waals surface area contributed by atoms with Crippen molar-refractivity contribution in [1.29, 1.82) is 0 Å². The third kappa shape index (κ3) is 4.29. The van der Waals surface area contributed by atoms with E-state index in [-0.39, 0.29) is 10.6 Å². The van der Waals surface area contributed by atoms with Crippen molar-refractivity contribution in [3.8, 4) is 0 Å². The molecule has 1 aromatic carbocycles. The van der Waals surface area contributed by atoms with Gasteiger partial charge in [0.25, 0.3) is 5.69 Å². The number of rotatable bonds is 7. The van der Waals surface area contributed by atoms with E-state index in [1.807, 2.05) is 12.1 Å². The van der Waals surface area contributed by atoms with Crippen molar-refractivity contribution in [3.63, 3.8) is 0 Å². The van der Waals surface area contributed by atoms with Crippen molar-refractivity contribution < 1.29 is 4.92 Å². The highest BCUT2D eigenvalue weighted by molar-refractivity contribution is 5.39. The van der Waals surface area contributed by atoms with Crippen molar-refractivity contribution in [2.45, 2.75) is 25.8 Å². The van der Waals surface area contributed by atoms with Crippen LogP contribution < -0.4 is 5.32 Å². The van der Waals surface area contributed by atoms with Gasteiger partial charge in [-0.3, -0.25) is 10.1 Å². The summed E-state index contributed by atoms with van der Waals surface area (Å²) in [6, 6.07) is 6.91. The Hall–Kier alpha value is -1.46. The minimum Gasteiger partial charge on any atom is -0.312 e. The SMILES string of the molecule is O=[N+]([O-])c1ccccc1CNCCCN1CCCC1. The number of nitrogens with one attached hydrogen (secondary N) is 1. The molecule has 5 heteroatoms. The summed E-state index contributed by atoms with van der Waals surface area (Å²) < 4.78 is 0. The summed E-state index contributed by atoms with van der Waals surface area (Å²) in [4.78, 5) is 13.0. The molecule has 0 aromatic heterocycles. The van der Waals surface area contributed by atoms with Crippen LogP contribution in [0.3, 0.4) is 0 Å². The number of benzene rings is 1. The van der Waals surface area contributed by atoms with Crippen molar-refractivity contribution in [2.75, 3.05) is 26.2 Å². The van der Waals surface area contributed by atoms with Crippen LogP contribution in [0.1, 0.15) is 24.8 Å². The molecule has 0 radical (unpaired) electrons. The van der Waals surface area contributed by atoms with E-state index in [1.165, 1.54) is 25.9 Å². The standard InChI is InChI=1S/C14H21N3O2/c18-17(19)14-7-2-1-6-13(14)12-15-8-5-11-16-9-3-4-10-16/h1-2,6-7,15H,3-5,8-12H2. The van der Waals surface area contributed by atoms with Gasteiger partial charge in [-0.05, 0) is 45.4 Å². The topological polar surface area (TPSA) is 58.4 Å². The minimum absolute atomic E-state index is 0.203. The lowest BCUT2D eigenvalue weighted by atomic mass is 10.2. The first kappa shape index (κ1) is 14.0. The van der Waals surface area contributed by atoms with Gasteiger partial charge in [-0.25, -0.2) is 0 Å². The quantitative estimate of drug-likeness (QED) is 0.465. The van der Waals surface area contributed by atoms with Crippen molar-refractivity contribution in [3.05, 3.63) is 39.9 Å². The summed E-state index contributed by atoms with van der Waals surface area (Å²) >= 11 is 0. The van der Waals surface area contributed by atoms with Crippen LogP contribution in [0.25, 0.3) is 0 Å². The van der Waals surface area contributed by atoms with Gasteiger partial charge in [0.15, 0.2) is 0 Å². The summed E-state index contributed by atoms with van der Waals surface area (Å²) in [5.74, 6) is 0. The number of nitrogens with zero attached hydrogens (tertiary/aromatic N) is 2. The van der Waals surface area contributed by atoms with Crippen molar-refractivity contribution in [1.82, 2.24) is 10.2 Å². The van der Waals surface area contributed by atoms with Crippen molar-refractivity contribution in [2.24, 2.45) is 0 Å². The Labute approximate surface area is 113 Å². The maximum Gasteiger partial charge on any atom is 0.273 e. The van der Waals surface area contributed by atoms with Gasteiger partial charge in [-0.1, -0.05) is 18.2 Å². The molecule has 19 heavy (non-hydrogen) atoms. The second-order valence-electron chi connectivity index (χ2n) is 4.96. The number of hydrogen-bond donors (Lipinski definition) is 1. The Kier molecular flexibility index (Phi) is 5.30. The second-order valence-corrected chi connectivity index (χ2v) is 4.96. The van der Waals surface area contributed by atoms with Crippen LogP contribution in [0.2, 0.25) is 0 Å². The first-order chi connectivity index (χ1) is 9.27. The summed E-state index contributed by atoms with van der Waals surface area (Å²) in [5.41, 5.74) is 0.961. The fraction of sp³-hybridized carbons (Fsp3) is 0.571. The second kappa shape index (κ2) is 7.21. The predicted molar refractivity (Wildman–Crippen MR) is 75.1 cm³/mol. The molecule has 0 saturated carbocycles. The van der Waals surface area contributed by atoms with E-state index in [4.69, 9.17) is 0 Å². The monoisotopic (exact) mass is 263 g/mol. The molecule has 0 aliphatic carbocycles. The van der Waals surface area contributed by atoms with E-state index in [1.54, 1.807) is 12.1 Å². The molecule has 0 amide bonds. The third-order valence-electron chi connectivity index (χ3n) is 3.53. The van der Waals surface area contributed by atoms with Gasteiger partial charge in [0.2, 0.25) is 0 Å². The Balaban J connectivity index is 1.69. The average molecular weight is 263 g/mol. The highest BCUT2D eigenvalue weighted by Gasteiger charge is 2.12. The lowest BCUT2D eigenvalue weighted by molar-refractivity contribution is -0.385. The van der Waals surface area contributed by atoms with Gasteiger partial charge in [0.05, 0.1) is 4.92 Å². The molecule has 104 valence electrons. The highest BCUT2D eigenvalue weighted by Crippen LogP contribution is 2.17. The molecule has 2 rings (SSSR count). The van der Waals surface area contributed by atoms with Gasteiger partial charge in [-0.15, -0.1) is 0 Å². The van der Waals surface area contributed by atoms with E-state index in [2.05, 4.69) is 10.2 Å². The summed E-state index contributed by atoms with van der Waals surface area (Å²) in [6.45, 7) is 5.05. The maximum atomic E-state index is 10.9. The molecule has 0 unspecified atom stereocenters. The fourth-order valence-corrected chi connectivity index (χ4v) is 2.50. The molecule has 1 aliphatic rings. The first-order valence-corrected chi connectivity index (χ1v) is 6.93. The van der Waals surface area contributed by atoms with Crippen LogP contribution in [0, 0.1) is 10.1 Å². The fourth-order valence-electron chi connectivity index (χ4n) is 2.50. The Bertz CT molecular complexity index is 417. The van der Waals surface area contributed by atoms with Gasteiger partial charge in [0, 0.05) is 18.2 Å². The van der Waals surface area contributed by atoms with Gasteiger partial charge < -0.3 is 10.2 Å².